The van der Waals surface area contributed by atoms with Crippen LogP contribution in [-0.4, -0.2) is 76.1 Å². The Morgan fingerprint density at radius 3 is 2.13 bits per heavy atom. The van der Waals surface area contributed by atoms with Gasteiger partial charge in [-0.15, -0.1) is 0 Å². The van der Waals surface area contributed by atoms with E-state index in [2.05, 4.69) is 0 Å². The van der Waals surface area contributed by atoms with Gasteiger partial charge in [0.1, 0.15) is 5.60 Å². The molecule has 0 aromatic heterocycles. The highest BCUT2D eigenvalue weighted by Crippen LogP contribution is 2.42. The predicted octanol–water partition coefficient (Wildman–Crippen LogP) is 4.20. The summed E-state index contributed by atoms with van der Waals surface area (Å²) in [7, 11) is 0. The van der Waals surface area contributed by atoms with Crippen LogP contribution in [0.2, 0.25) is 0 Å². The highest BCUT2D eigenvalue weighted by atomic mass is 16.6. The Morgan fingerprint density at radius 2 is 1.54 bits per heavy atom. The zero-order valence-corrected chi connectivity index (χ0v) is 21.9. The molecule has 3 aliphatic heterocycles. The molecule has 0 radical (unpaired) electrons. The second-order valence-electron chi connectivity index (χ2n) is 11.2. The number of amides is 4. The van der Waals surface area contributed by atoms with Crippen molar-refractivity contribution in [1.82, 2.24) is 9.80 Å². The number of hydrogen-bond acceptors (Lipinski definition) is 6. The van der Waals surface area contributed by atoms with Crippen molar-refractivity contribution in [2.45, 2.75) is 71.1 Å². The molecule has 2 unspecified atom stereocenters. The molecule has 5 rings (SSSR count). The van der Waals surface area contributed by atoms with Crippen LogP contribution in [-0.2, 0) is 9.53 Å². The highest BCUT2D eigenvalue weighted by molar-refractivity contribution is 6.21. The molecule has 208 valence electrons. The predicted molar refractivity (Wildman–Crippen MR) is 147 cm³/mol. The summed E-state index contributed by atoms with van der Waals surface area (Å²) in [4.78, 5) is 56.2. The van der Waals surface area contributed by atoms with Gasteiger partial charge in [-0.05, 0) is 63.8 Å². The standard InChI is InChI=1S/C29H33N3O6.CH4/c1-29(2,3)38-28(37)30-14-12-18(13-15-30)32-24-11-7-6-8-20(24)23(27(32)36)16-19(33)17-31-25(34)21-9-4-5-10-22(21)26(31)35;/h4-11,18-19,23,33H,12-17H2,1-3H3;1H4. The van der Waals surface area contributed by atoms with Gasteiger partial charge in [0.05, 0.1) is 29.7 Å². The number of ether oxygens (including phenoxy) is 1. The number of fused-ring (bicyclic) bond motifs is 2. The average Bonchev–Trinajstić information content (AvgIpc) is 3.29. The van der Waals surface area contributed by atoms with Crippen molar-refractivity contribution < 1.29 is 29.0 Å². The molecule has 3 aliphatic rings. The average molecular weight is 536 g/mol. The maximum absolute atomic E-state index is 13.7. The van der Waals surface area contributed by atoms with Crippen molar-refractivity contribution in [3.8, 4) is 0 Å². The van der Waals surface area contributed by atoms with E-state index in [9.17, 15) is 24.3 Å². The van der Waals surface area contributed by atoms with Crippen molar-refractivity contribution in [1.29, 1.82) is 0 Å². The summed E-state index contributed by atoms with van der Waals surface area (Å²) in [6.07, 6.45) is -0.0875. The number of β-amino-alcohol motifs (C(OH)–C–C–N with tert-alkyl or cyclic N) is 1. The zero-order valence-electron chi connectivity index (χ0n) is 21.9. The monoisotopic (exact) mass is 535 g/mol. The van der Waals surface area contributed by atoms with Crippen LogP contribution in [0.25, 0.3) is 0 Å². The van der Waals surface area contributed by atoms with Crippen LogP contribution >= 0.6 is 0 Å². The number of imide groups is 1. The van der Waals surface area contributed by atoms with E-state index in [0.717, 1.165) is 16.2 Å². The van der Waals surface area contributed by atoms with E-state index in [1.807, 2.05) is 45.0 Å². The second kappa shape index (κ2) is 10.8. The molecule has 0 aliphatic carbocycles. The minimum Gasteiger partial charge on any atom is -0.444 e. The Kier molecular flexibility index (Phi) is 7.84. The summed E-state index contributed by atoms with van der Waals surface area (Å²) >= 11 is 0. The van der Waals surface area contributed by atoms with Crippen LogP contribution < -0.4 is 4.90 Å². The fourth-order valence-corrected chi connectivity index (χ4v) is 5.62. The molecule has 1 N–H and O–H groups in total. The van der Waals surface area contributed by atoms with Gasteiger partial charge in [0, 0.05) is 24.8 Å². The molecule has 39 heavy (non-hydrogen) atoms. The fourth-order valence-electron chi connectivity index (χ4n) is 5.62. The Bertz CT molecular complexity index is 1240. The molecule has 0 bridgehead atoms. The lowest BCUT2D eigenvalue weighted by Gasteiger charge is -2.37. The molecule has 2 aromatic rings. The lowest BCUT2D eigenvalue weighted by atomic mass is 9.94. The summed E-state index contributed by atoms with van der Waals surface area (Å²) in [6.45, 7) is 6.30. The summed E-state index contributed by atoms with van der Waals surface area (Å²) in [5, 5.41) is 10.9. The van der Waals surface area contributed by atoms with Gasteiger partial charge in [-0.25, -0.2) is 4.79 Å². The molecule has 9 heteroatoms. The number of aliphatic hydroxyl groups excluding tert-OH is 1. The quantitative estimate of drug-likeness (QED) is 0.575. The maximum atomic E-state index is 13.7. The van der Waals surface area contributed by atoms with Crippen LogP contribution in [0.4, 0.5) is 10.5 Å². The molecule has 2 atom stereocenters. The van der Waals surface area contributed by atoms with Gasteiger partial charge in [0.15, 0.2) is 0 Å². The number of likely N-dealkylation sites (tertiary alicyclic amines) is 1. The number of piperidine rings is 1. The first-order valence-corrected chi connectivity index (χ1v) is 13.1. The number of rotatable bonds is 5. The van der Waals surface area contributed by atoms with Crippen molar-refractivity contribution >= 4 is 29.5 Å². The third-order valence-corrected chi connectivity index (χ3v) is 7.37. The van der Waals surface area contributed by atoms with Gasteiger partial charge >= 0.3 is 6.09 Å². The summed E-state index contributed by atoms with van der Waals surface area (Å²) < 4.78 is 5.49. The second-order valence-corrected chi connectivity index (χ2v) is 11.2. The SMILES string of the molecule is C.CC(C)(C)OC(=O)N1CCC(N2C(=O)C(CC(O)CN3C(=O)c4ccccc4C3=O)c3ccccc32)CC1. The Labute approximate surface area is 229 Å². The van der Waals surface area contributed by atoms with Crippen LogP contribution in [0.1, 0.15) is 79.7 Å². The maximum Gasteiger partial charge on any atom is 0.410 e. The summed E-state index contributed by atoms with van der Waals surface area (Å²) in [5.41, 5.74) is 1.73. The van der Waals surface area contributed by atoms with Gasteiger partial charge in [0.2, 0.25) is 5.91 Å². The molecule has 4 amide bonds. The number of anilines is 1. The fraction of sp³-hybridized carbons (Fsp3) is 0.467. The van der Waals surface area contributed by atoms with Crippen LogP contribution in [0, 0.1) is 0 Å². The first-order valence-electron chi connectivity index (χ1n) is 13.1. The third kappa shape index (κ3) is 5.41. The zero-order chi connectivity index (χ0) is 27.2. The Hall–Kier alpha value is -3.72. The van der Waals surface area contributed by atoms with Gasteiger partial charge in [0.25, 0.3) is 11.8 Å². The largest absolute Gasteiger partial charge is 0.444 e. The number of carbonyl (C=O) groups excluding carboxylic acids is 4. The smallest absolute Gasteiger partial charge is 0.410 e. The number of para-hydroxylation sites is 1. The van der Waals surface area contributed by atoms with E-state index >= 15 is 0 Å². The van der Waals surface area contributed by atoms with E-state index in [0.29, 0.717) is 37.1 Å². The lowest BCUT2D eigenvalue weighted by molar-refractivity contribution is -0.120. The van der Waals surface area contributed by atoms with E-state index in [-0.39, 0.29) is 38.4 Å². The molecule has 1 saturated heterocycles. The topological polar surface area (TPSA) is 107 Å². The number of benzene rings is 2. The lowest BCUT2D eigenvalue weighted by Crippen LogP contribution is -2.49. The summed E-state index contributed by atoms with van der Waals surface area (Å²) in [6, 6.07) is 14.1. The van der Waals surface area contributed by atoms with E-state index in [1.54, 1.807) is 34.1 Å². The molecule has 3 heterocycles. The van der Waals surface area contributed by atoms with E-state index in [1.165, 1.54) is 0 Å². The minimum absolute atomic E-state index is 0. The van der Waals surface area contributed by atoms with Crippen molar-refractivity contribution in [2.75, 3.05) is 24.5 Å². The number of nitrogens with zero attached hydrogens (tertiary/aromatic N) is 3. The highest BCUT2D eigenvalue weighted by Gasteiger charge is 2.44. The molecule has 1 fully saturated rings. The van der Waals surface area contributed by atoms with Crippen LogP contribution in [0.3, 0.4) is 0 Å². The molecule has 2 aromatic carbocycles. The van der Waals surface area contributed by atoms with Gasteiger partial charge in [-0.2, -0.15) is 0 Å². The van der Waals surface area contributed by atoms with E-state index in [4.69, 9.17) is 4.74 Å². The van der Waals surface area contributed by atoms with Crippen molar-refractivity contribution in [3.05, 3.63) is 65.2 Å². The minimum atomic E-state index is -1.06. The van der Waals surface area contributed by atoms with Gasteiger partial charge in [-0.3, -0.25) is 19.3 Å². The van der Waals surface area contributed by atoms with Crippen molar-refractivity contribution in [3.63, 3.8) is 0 Å². The number of hydrogen-bond donors (Lipinski definition) is 1. The number of carbonyl (C=O) groups is 4. The van der Waals surface area contributed by atoms with Gasteiger partial charge < -0.3 is 19.6 Å². The van der Waals surface area contributed by atoms with Crippen LogP contribution in [0.5, 0.6) is 0 Å². The molecular weight excluding hydrogens is 498 g/mol. The molecular formula is C30H37N3O6. The van der Waals surface area contributed by atoms with Gasteiger partial charge in [-0.1, -0.05) is 37.8 Å². The Balaban J connectivity index is 0.00000353. The Morgan fingerprint density at radius 1 is 0.974 bits per heavy atom. The van der Waals surface area contributed by atoms with Crippen molar-refractivity contribution in [2.24, 2.45) is 0 Å². The molecule has 9 nitrogen and oxygen atoms in total. The number of aliphatic hydroxyl groups is 1. The van der Waals surface area contributed by atoms with Crippen LogP contribution in [0.15, 0.2) is 48.5 Å². The first kappa shape index (κ1) is 28.3. The summed E-state index contributed by atoms with van der Waals surface area (Å²) in [5.74, 6) is -1.55. The first-order chi connectivity index (χ1) is 18.0. The van der Waals surface area contributed by atoms with E-state index < -0.39 is 29.4 Å². The molecule has 0 spiro atoms. The molecule has 0 saturated carbocycles. The third-order valence-electron chi connectivity index (χ3n) is 7.37. The normalized spacial score (nSPS) is 20.1.